The molecule has 0 amide bonds. The zero-order valence-electron chi connectivity index (χ0n) is 8.28. The maximum atomic E-state index is 10.8. The molecule has 1 N–H and O–H groups in total. The maximum Gasteiger partial charge on any atom is 0.338 e. The van der Waals surface area contributed by atoms with Crippen molar-refractivity contribution in [3.05, 3.63) is 23.0 Å². The Balaban J connectivity index is 3.25. The fourth-order valence-electron chi connectivity index (χ4n) is 1.52. The fraction of sp³-hybridized carbons (Fsp3) is 0.400. The van der Waals surface area contributed by atoms with Crippen molar-refractivity contribution in [1.29, 1.82) is 0 Å². The fourth-order valence-corrected chi connectivity index (χ4v) is 1.52. The lowest BCUT2D eigenvalue weighted by Crippen LogP contribution is -2.03. The number of aromatic nitrogens is 1. The van der Waals surface area contributed by atoms with Crippen LogP contribution in [0.2, 0.25) is 0 Å². The molecule has 1 aromatic heterocycles. The van der Waals surface area contributed by atoms with Gasteiger partial charge in [0.1, 0.15) is 0 Å². The third-order valence-electron chi connectivity index (χ3n) is 2.18. The molecular weight excluding hydrogens is 182 g/mol. The molecule has 0 unspecified atom stereocenters. The Morgan fingerprint density at radius 3 is 2.64 bits per heavy atom. The summed E-state index contributed by atoms with van der Waals surface area (Å²) in [5, 5.41) is 8.89. The number of hydrogen-bond donors (Lipinski definition) is 1. The van der Waals surface area contributed by atoms with Crippen LogP contribution in [0.15, 0.2) is 6.20 Å². The van der Waals surface area contributed by atoms with Crippen molar-refractivity contribution in [2.45, 2.75) is 26.8 Å². The highest BCUT2D eigenvalue weighted by Crippen LogP contribution is 2.15. The van der Waals surface area contributed by atoms with Crippen LogP contribution in [0.25, 0.3) is 0 Å². The van der Waals surface area contributed by atoms with E-state index < -0.39 is 5.97 Å². The summed E-state index contributed by atoms with van der Waals surface area (Å²) < 4.78 is 1.80. The third kappa shape index (κ3) is 1.69. The number of aromatic carboxylic acids is 1. The van der Waals surface area contributed by atoms with Gasteiger partial charge in [-0.15, -0.1) is 0 Å². The molecule has 0 fully saturated rings. The van der Waals surface area contributed by atoms with Gasteiger partial charge < -0.3 is 9.67 Å². The molecule has 0 atom stereocenters. The number of carboxylic acid groups (broad SMARTS) is 1. The highest BCUT2D eigenvalue weighted by atomic mass is 16.4. The lowest BCUT2D eigenvalue weighted by atomic mass is 10.2. The summed E-state index contributed by atoms with van der Waals surface area (Å²) in [6.07, 6.45) is 3.09. The molecule has 4 nitrogen and oxygen atoms in total. The topological polar surface area (TPSA) is 59.3 Å². The average molecular weight is 195 g/mol. The summed E-state index contributed by atoms with van der Waals surface area (Å²) in [6.45, 7) is 4.45. The van der Waals surface area contributed by atoms with Gasteiger partial charge in [0, 0.05) is 24.0 Å². The summed E-state index contributed by atoms with van der Waals surface area (Å²) in [5.41, 5.74) is 1.01. The number of hydrogen-bond acceptors (Lipinski definition) is 2. The molecular formula is C10H13NO3. The SMILES string of the molecule is CCCn1cc(C=O)c(C(=O)O)c1C. The lowest BCUT2D eigenvalue weighted by molar-refractivity contribution is 0.0693. The first-order valence-corrected chi connectivity index (χ1v) is 4.50. The Morgan fingerprint density at radius 1 is 1.64 bits per heavy atom. The normalized spacial score (nSPS) is 10.1. The predicted molar refractivity (Wildman–Crippen MR) is 51.8 cm³/mol. The van der Waals surface area contributed by atoms with Crippen molar-refractivity contribution in [2.24, 2.45) is 0 Å². The van der Waals surface area contributed by atoms with Gasteiger partial charge in [-0.2, -0.15) is 0 Å². The maximum absolute atomic E-state index is 10.8. The molecule has 0 aliphatic heterocycles. The molecule has 0 aliphatic rings. The van der Waals surface area contributed by atoms with Crippen LogP contribution in [0.4, 0.5) is 0 Å². The number of carbonyl (C=O) groups is 2. The molecule has 1 rings (SSSR count). The number of rotatable bonds is 4. The molecule has 0 saturated carbocycles. The van der Waals surface area contributed by atoms with Crippen LogP contribution in [-0.4, -0.2) is 21.9 Å². The Morgan fingerprint density at radius 2 is 2.29 bits per heavy atom. The molecule has 0 aliphatic carbocycles. The van der Waals surface area contributed by atoms with Crippen LogP contribution in [0.1, 0.15) is 39.8 Å². The van der Waals surface area contributed by atoms with E-state index in [1.54, 1.807) is 17.7 Å². The summed E-state index contributed by atoms with van der Waals surface area (Å²) in [7, 11) is 0. The van der Waals surface area contributed by atoms with Gasteiger partial charge in [-0.3, -0.25) is 4.79 Å². The van der Waals surface area contributed by atoms with E-state index in [0.717, 1.165) is 13.0 Å². The van der Waals surface area contributed by atoms with Gasteiger partial charge in [-0.25, -0.2) is 4.79 Å². The largest absolute Gasteiger partial charge is 0.478 e. The van der Waals surface area contributed by atoms with E-state index in [9.17, 15) is 9.59 Å². The first-order valence-electron chi connectivity index (χ1n) is 4.50. The predicted octanol–water partition coefficient (Wildman–Crippen LogP) is 1.72. The number of carboxylic acids is 1. The van der Waals surface area contributed by atoms with E-state index in [4.69, 9.17) is 5.11 Å². The summed E-state index contributed by atoms with van der Waals surface area (Å²) in [6, 6.07) is 0. The van der Waals surface area contributed by atoms with Gasteiger partial charge in [0.25, 0.3) is 0 Å². The quantitative estimate of drug-likeness (QED) is 0.744. The van der Waals surface area contributed by atoms with Crippen LogP contribution in [0.3, 0.4) is 0 Å². The van der Waals surface area contributed by atoms with Gasteiger partial charge in [-0.1, -0.05) is 6.92 Å². The molecule has 14 heavy (non-hydrogen) atoms. The lowest BCUT2D eigenvalue weighted by Gasteiger charge is -2.02. The number of carbonyl (C=O) groups excluding carboxylic acids is 1. The molecule has 0 spiro atoms. The zero-order valence-corrected chi connectivity index (χ0v) is 8.28. The van der Waals surface area contributed by atoms with Crippen molar-refractivity contribution < 1.29 is 14.7 Å². The molecule has 1 aromatic rings. The van der Waals surface area contributed by atoms with Gasteiger partial charge >= 0.3 is 5.97 Å². The first-order chi connectivity index (χ1) is 6.61. The van der Waals surface area contributed by atoms with Crippen LogP contribution in [0.5, 0.6) is 0 Å². The van der Waals surface area contributed by atoms with Crippen LogP contribution in [0, 0.1) is 6.92 Å². The van der Waals surface area contributed by atoms with E-state index in [2.05, 4.69) is 0 Å². The standard InChI is InChI=1S/C10H13NO3/c1-3-4-11-5-8(6-12)9(7(11)2)10(13)14/h5-6H,3-4H2,1-2H3,(H,13,14). The van der Waals surface area contributed by atoms with Crippen molar-refractivity contribution in [3.8, 4) is 0 Å². The third-order valence-corrected chi connectivity index (χ3v) is 2.18. The number of aldehydes is 1. The van der Waals surface area contributed by atoms with E-state index in [1.165, 1.54) is 0 Å². The molecule has 4 heteroatoms. The van der Waals surface area contributed by atoms with Gasteiger partial charge in [0.15, 0.2) is 6.29 Å². The Hall–Kier alpha value is -1.58. The van der Waals surface area contributed by atoms with E-state index in [-0.39, 0.29) is 11.1 Å². The van der Waals surface area contributed by atoms with E-state index in [1.807, 2.05) is 6.92 Å². The minimum atomic E-state index is -1.04. The van der Waals surface area contributed by atoms with Crippen molar-refractivity contribution in [3.63, 3.8) is 0 Å². The van der Waals surface area contributed by atoms with Crippen LogP contribution in [-0.2, 0) is 6.54 Å². The van der Waals surface area contributed by atoms with Crippen molar-refractivity contribution >= 4 is 12.3 Å². The number of nitrogens with zero attached hydrogens (tertiary/aromatic N) is 1. The molecule has 0 radical (unpaired) electrons. The Kier molecular flexibility index (Phi) is 3.06. The minimum Gasteiger partial charge on any atom is -0.478 e. The molecule has 76 valence electrons. The monoisotopic (exact) mass is 195 g/mol. The van der Waals surface area contributed by atoms with Gasteiger partial charge in [0.2, 0.25) is 0 Å². The second-order valence-corrected chi connectivity index (χ2v) is 3.16. The van der Waals surface area contributed by atoms with Gasteiger partial charge in [0.05, 0.1) is 5.56 Å². The average Bonchev–Trinajstić information content (AvgIpc) is 2.44. The van der Waals surface area contributed by atoms with Gasteiger partial charge in [-0.05, 0) is 13.3 Å². The van der Waals surface area contributed by atoms with Crippen molar-refractivity contribution in [2.75, 3.05) is 0 Å². The summed E-state index contributed by atoms with van der Waals surface area (Å²) >= 11 is 0. The summed E-state index contributed by atoms with van der Waals surface area (Å²) in [4.78, 5) is 21.5. The highest BCUT2D eigenvalue weighted by molar-refractivity contribution is 5.98. The van der Waals surface area contributed by atoms with E-state index >= 15 is 0 Å². The second-order valence-electron chi connectivity index (χ2n) is 3.16. The van der Waals surface area contributed by atoms with Crippen LogP contribution < -0.4 is 0 Å². The molecule has 0 aromatic carbocycles. The Labute approximate surface area is 82.2 Å². The van der Waals surface area contributed by atoms with Crippen molar-refractivity contribution in [1.82, 2.24) is 4.57 Å². The molecule has 0 saturated heterocycles. The highest BCUT2D eigenvalue weighted by Gasteiger charge is 2.17. The summed E-state index contributed by atoms with van der Waals surface area (Å²) in [5.74, 6) is -1.04. The second kappa shape index (κ2) is 4.09. The van der Waals surface area contributed by atoms with Crippen LogP contribution >= 0.6 is 0 Å². The smallest absolute Gasteiger partial charge is 0.338 e. The first kappa shape index (κ1) is 10.5. The Bertz CT molecular complexity index is 366. The van der Waals surface area contributed by atoms with E-state index in [0.29, 0.717) is 12.0 Å². The zero-order chi connectivity index (χ0) is 10.7. The molecule has 0 bridgehead atoms. The molecule has 1 heterocycles. The number of aryl methyl sites for hydroxylation is 1. The minimum absolute atomic E-state index is 0.119.